The number of hydrogen-bond donors (Lipinski definition) is 0. The summed E-state index contributed by atoms with van der Waals surface area (Å²) < 4.78 is 2.04. The van der Waals surface area contributed by atoms with Crippen molar-refractivity contribution < 1.29 is 4.79 Å². The van der Waals surface area contributed by atoms with Crippen molar-refractivity contribution in [3.8, 4) is 0 Å². The molecule has 2 aliphatic rings. The van der Waals surface area contributed by atoms with Gasteiger partial charge in [0.1, 0.15) is 5.54 Å². The highest BCUT2D eigenvalue weighted by Gasteiger charge is 2.45. The second-order valence-corrected chi connectivity index (χ2v) is 8.97. The van der Waals surface area contributed by atoms with Crippen molar-refractivity contribution >= 4 is 17.5 Å². The first kappa shape index (κ1) is 20.3. The number of nitrogens with zero attached hydrogens (tertiary/aromatic N) is 6. The maximum Gasteiger partial charge on any atom is 0.227 e. The number of piperidine rings is 1. The van der Waals surface area contributed by atoms with Gasteiger partial charge in [-0.2, -0.15) is 0 Å². The number of likely N-dealkylation sites (tertiary alicyclic amines) is 1. The lowest BCUT2D eigenvalue weighted by Gasteiger charge is -2.46. The van der Waals surface area contributed by atoms with Crippen LogP contribution in [-0.4, -0.2) is 63.1 Å². The molecule has 156 valence electrons. The van der Waals surface area contributed by atoms with Crippen molar-refractivity contribution in [3.05, 3.63) is 40.7 Å². The summed E-state index contributed by atoms with van der Waals surface area (Å²) in [4.78, 5) is 17.3. The van der Waals surface area contributed by atoms with Gasteiger partial charge in [-0.1, -0.05) is 36.6 Å². The molecule has 1 aliphatic heterocycles. The number of amides is 1. The Bertz CT molecular complexity index is 845. The molecule has 0 N–H and O–H groups in total. The maximum absolute atomic E-state index is 13.1. The number of tetrazole rings is 1. The van der Waals surface area contributed by atoms with Crippen molar-refractivity contribution in [2.75, 3.05) is 27.2 Å². The third kappa shape index (κ3) is 4.03. The number of halogens is 1. The molecule has 1 amide bonds. The van der Waals surface area contributed by atoms with E-state index in [2.05, 4.69) is 34.5 Å². The molecule has 0 radical (unpaired) electrons. The maximum atomic E-state index is 13.1. The van der Waals surface area contributed by atoms with E-state index >= 15 is 0 Å². The van der Waals surface area contributed by atoms with Crippen molar-refractivity contribution in [2.24, 2.45) is 0 Å². The number of benzene rings is 1. The fraction of sp³-hybridized carbons (Fsp3) is 0.619. The first-order valence-corrected chi connectivity index (χ1v) is 10.9. The van der Waals surface area contributed by atoms with Crippen LogP contribution in [0.2, 0.25) is 5.02 Å². The second kappa shape index (κ2) is 8.40. The monoisotopic (exact) mass is 416 g/mol. The molecule has 1 atom stereocenters. The molecule has 0 bridgehead atoms. The first-order valence-electron chi connectivity index (χ1n) is 10.5. The van der Waals surface area contributed by atoms with Gasteiger partial charge in [0.2, 0.25) is 5.91 Å². The van der Waals surface area contributed by atoms with Gasteiger partial charge in [-0.3, -0.25) is 9.69 Å². The van der Waals surface area contributed by atoms with Crippen molar-refractivity contribution in [3.63, 3.8) is 0 Å². The topological polar surface area (TPSA) is 67.2 Å². The molecule has 1 aromatic carbocycles. The quantitative estimate of drug-likeness (QED) is 0.749. The summed E-state index contributed by atoms with van der Waals surface area (Å²) in [5, 5.41) is 13.6. The Labute approximate surface area is 177 Å². The van der Waals surface area contributed by atoms with Crippen LogP contribution in [0.1, 0.15) is 56.0 Å². The van der Waals surface area contributed by atoms with Crippen LogP contribution in [0.5, 0.6) is 0 Å². The van der Waals surface area contributed by atoms with Gasteiger partial charge in [-0.05, 0) is 67.9 Å². The molecule has 2 fully saturated rings. The molecular weight excluding hydrogens is 388 g/mol. The molecule has 1 saturated heterocycles. The van der Waals surface area contributed by atoms with Gasteiger partial charge in [0, 0.05) is 18.1 Å². The molecule has 1 saturated carbocycles. The Morgan fingerprint density at radius 2 is 1.93 bits per heavy atom. The molecule has 2 heterocycles. The van der Waals surface area contributed by atoms with E-state index in [1.807, 2.05) is 33.8 Å². The predicted molar refractivity (Wildman–Crippen MR) is 112 cm³/mol. The smallest absolute Gasteiger partial charge is 0.227 e. The van der Waals surface area contributed by atoms with E-state index in [0.29, 0.717) is 24.0 Å². The Morgan fingerprint density at radius 1 is 1.21 bits per heavy atom. The minimum absolute atomic E-state index is 0.137. The van der Waals surface area contributed by atoms with Crippen molar-refractivity contribution in [2.45, 2.75) is 56.5 Å². The van der Waals surface area contributed by atoms with Crippen LogP contribution in [0.3, 0.4) is 0 Å². The summed E-state index contributed by atoms with van der Waals surface area (Å²) in [5.41, 5.74) is 0.621. The summed E-state index contributed by atoms with van der Waals surface area (Å²) in [7, 11) is 4.14. The number of hydrogen-bond acceptors (Lipinski definition) is 5. The first-order chi connectivity index (χ1) is 14.0. The predicted octanol–water partition coefficient (Wildman–Crippen LogP) is 3.06. The number of likely N-dealkylation sites (N-methyl/N-ethyl adjacent to an activating group) is 1. The number of carbonyl (C=O) groups excluding carboxylic acids is 1. The average Bonchev–Trinajstić information content (AvgIpc) is 3.41. The Morgan fingerprint density at radius 3 is 2.62 bits per heavy atom. The van der Waals surface area contributed by atoms with E-state index in [9.17, 15) is 4.79 Å². The average molecular weight is 417 g/mol. The van der Waals surface area contributed by atoms with Crippen LogP contribution >= 0.6 is 11.6 Å². The zero-order valence-corrected chi connectivity index (χ0v) is 18.0. The number of aromatic nitrogens is 4. The summed E-state index contributed by atoms with van der Waals surface area (Å²) in [5.74, 6) is 1.04. The van der Waals surface area contributed by atoms with E-state index in [1.165, 1.54) is 12.8 Å². The standard InChI is InChI=1S/C21H29ClN6O/c1-26(2)21(20-23-24-25-28(20)18-6-3-4-7-18)12-5-13-27(15-21)19(29)14-16-8-10-17(22)11-9-16/h8-11,18H,3-7,12-15H2,1-2H3. The zero-order chi connectivity index (χ0) is 20.4. The van der Waals surface area contributed by atoms with Crippen LogP contribution in [-0.2, 0) is 16.8 Å². The molecule has 4 rings (SSSR count). The van der Waals surface area contributed by atoms with Gasteiger partial charge in [0.05, 0.1) is 12.5 Å². The fourth-order valence-electron chi connectivity index (χ4n) is 4.78. The van der Waals surface area contributed by atoms with E-state index in [-0.39, 0.29) is 11.4 Å². The normalized spacial score (nSPS) is 23.1. The number of rotatable bonds is 5. The minimum Gasteiger partial charge on any atom is -0.340 e. The van der Waals surface area contributed by atoms with Gasteiger partial charge >= 0.3 is 0 Å². The third-order valence-corrected chi connectivity index (χ3v) is 6.78. The fourth-order valence-corrected chi connectivity index (χ4v) is 4.91. The van der Waals surface area contributed by atoms with E-state index in [4.69, 9.17) is 11.6 Å². The Kier molecular flexibility index (Phi) is 5.88. The van der Waals surface area contributed by atoms with Gasteiger partial charge in [0.15, 0.2) is 5.82 Å². The highest BCUT2D eigenvalue weighted by molar-refractivity contribution is 6.30. The Balaban J connectivity index is 1.57. The lowest BCUT2D eigenvalue weighted by molar-refractivity contribution is -0.134. The van der Waals surface area contributed by atoms with Crippen LogP contribution in [0, 0.1) is 0 Å². The van der Waals surface area contributed by atoms with Crippen LogP contribution in [0.25, 0.3) is 0 Å². The lowest BCUT2D eigenvalue weighted by Crippen LogP contribution is -2.57. The highest BCUT2D eigenvalue weighted by Crippen LogP contribution is 2.38. The molecule has 1 aromatic heterocycles. The lowest BCUT2D eigenvalue weighted by atomic mass is 9.86. The van der Waals surface area contributed by atoms with Crippen molar-refractivity contribution in [1.82, 2.24) is 30.0 Å². The molecule has 7 nitrogen and oxygen atoms in total. The molecule has 1 unspecified atom stereocenters. The second-order valence-electron chi connectivity index (χ2n) is 8.53. The van der Waals surface area contributed by atoms with E-state index in [1.54, 1.807) is 0 Å². The summed E-state index contributed by atoms with van der Waals surface area (Å²) >= 11 is 5.97. The molecule has 8 heteroatoms. The van der Waals surface area contributed by atoms with Crippen LogP contribution < -0.4 is 0 Å². The summed E-state index contributed by atoms with van der Waals surface area (Å²) in [6.45, 7) is 1.38. The molecule has 0 spiro atoms. The van der Waals surface area contributed by atoms with Gasteiger partial charge in [0.25, 0.3) is 0 Å². The van der Waals surface area contributed by atoms with Crippen LogP contribution in [0.4, 0.5) is 0 Å². The SMILES string of the molecule is CN(C)C1(c2nnnn2C2CCCC2)CCCN(C(=O)Cc2ccc(Cl)cc2)C1. The van der Waals surface area contributed by atoms with Crippen molar-refractivity contribution in [1.29, 1.82) is 0 Å². The molecule has 1 aliphatic carbocycles. The largest absolute Gasteiger partial charge is 0.340 e. The summed E-state index contributed by atoms with van der Waals surface area (Å²) in [6, 6.07) is 7.88. The minimum atomic E-state index is -0.361. The summed E-state index contributed by atoms with van der Waals surface area (Å²) in [6.07, 6.45) is 6.96. The molecular formula is C21H29ClN6O. The van der Waals surface area contributed by atoms with Gasteiger partial charge in [-0.25, -0.2) is 4.68 Å². The molecule has 29 heavy (non-hydrogen) atoms. The van der Waals surface area contributed by atoms with Gasteiger partial charge < -0.3 is 4.90 Å². The van der Waals surface area contributed by atoms with E-state index < -0.39 is 0 Å². The van der Waals surface area contributed by atoms with Crippen LogP contribution in [0.15, 0.2) is 24.3 Å². The number of carbonyl (C=O) groups is 1. The molecule has 2 aromatic rings. The van der Waals surface area contributed by atoms with Gasteiger partial charge in [-0.15, -0.1) is 5.10 Å². The zero-order valence-electron chi connectivity index (χ0n) is 17.2. The third-order valence-electron chi connectivity index (χ3n) is 6.53. The Hall–Kier alpha value is -1.99. The highest BCUT2D eigenvalue weighted by atomic mass is 35.5. The van der Waals surface area contributed by atoms with E-state index in [0.717, 1.165) is 43.6 Å².